The number of aryl methyl sites for hydroxylation is 2. The Labute approximate surface area is 233 Å². The molecule has 1 aliphatic heterocycles. The predicted molar refractivity (Wildman–Crippen MR) is 150 cm³/mol. The third-order valence-electron chi connectivity index (χ3n) is 6.43. The molecule has 1 amide bonds. The number of fused-ring (bicyclic) bond motifs is 4. The Morgan fingerprint density at radius 3 is 2.67 bits per heavy atom. The van der Waals surface area contributed by atoms with E-state index in [4.69, 9.17) is 28.7 Å². The summed E-state index contributed by atoms with van der Waals surface area (Å²) in [7, 11) is 4.67. The highest BCUT2D eigenvalue weighted by molar-refractivity contribution is 7.22. The van der Waals surface area contributed by atoms with E-state index in [2.05, 4.69) is 15.0 Å². The second-order valence-corrected chi connectivity index (χ2v) is 10.2. The number of carbonyl (C=O) groups is 1. The number of ether oxygens (including phenoxy) is 5. The third kappa shape index (κ3) is 4.56. The minimum Gasteiger partial charge on any atom is -0.481 e. The van der Waals surface area contributed by atoms with E-state index in [-0.39, 0.29) is 6.61 Å². The number of carbonyl (C=O) groups excluding carboxylic acids is 1. The van der Waals surface area contributed by atoms with E-state index in [1.54, 1.807) is 38.7 Å². The molecular weight excluding hydrogens is 534 g/mol. The van der Waals surface area contributed by atoms with Crippen molar-refractivity contribution in [2.75, 3.05) is 32.8 Å². The molecule has 0 aliphatic carbocycles. The summed E-state index contributed by atoms with van der Waals surface area (Å²) in [5.74, 6) is 1.88. The first-order valence-electron chi connectivity index (χ1n) is 12.3. The summed E-state index contributed by atoms with van der Waals surface area (Å²) in [5.41, 5.74) is 5.64. The van der Waals surface area contributed by atoms with Gasteiger partial charge in [-0.25, -0.2) is 24.7 Å². The molecule has 0 saturated heterocycles. The highest BCUT2D eigenvalue weighted by Crippen LogP contribution is 2.46. The summed E-state index contributed by atoms with van der Waals surface area (Å²) in [6, 6.07) is 9.17. The number of anilines is 1. The van der Waals surface area contributed by atoms with Crippen molar-refractivity contribution in [2.45, 2.75) is 20.1 Å². The summed E-state index contributed by atoms with van der Waals surface area (Å²) in [5, 5.41) is 0.784. The molecule has 0 N–H and O–H groups in total. The van der Waals surface area contributed by atoms with Gasteiger partial charge in [0.05, 0.1) is 42.7 Å². The van der Waals surface area contributed by atoms with Crippen LogP contribution in [0, 0.1) is 13.8 Å². The normalized spacial score (nSPS) is 14.3. The van der Waals surface area contributed by atoms with Crippen LogP contribution in [0.2, 0.25) is 0 Å². The van der Waals surface area contributed by atoms with Crippen molar-refractivity contribution >= 4 is 44.4 Å². The lowest BCUT2D eigenvalue weighted by molar-refractivity contribution is -0.0717. The average Bonchev–Trinajstić information content (AvgIpc) is 3.42. The van der Waals surface area contributed by atoms with Crippen molar-refractivity contribution in [3.05, 3.63) is 53.9 Å². The fourth-order valence-corrected chi connectivity index (χ4v) is 5.59. The molecule has 0 bridgehead atoms. The first kappa shape index (κ1) is 25.6. The summed E-state index contributed by atoms with van der Waals surface area (Å²) in [6.07, 6.45) is 1.62. The zero-order valence-corrected chi connectivity index (χ0v) is 23.2. The molecule has 40 heavy (non-hydrogen) atoms. The number of aromatic nitrogens is 4. The summed E-state index contributed by atoms with van der Waals surface area (Å²) in [4.78, 5) is 32.3. The number of hydrogen-bond donors (Lipinski definition) is 0. The van der Waals surface area contributed by atoms with Crippen LogP contribution in [0.25, 0.3) is 31.8 Å². The lowest BCUT2D eigenvalue weighted by atomic mass is 10.1. The molecule has 4 heterocycles. The van der Waals surface area contributed by atoms with E-state index in [9.17, 15) is 4.79 Å². The van der Waals surface area contributed by atoms with Crippen LogP contribution < -0.4 is 23.8 Å². The fourth-order valence-electron chi connectivity index (χ4n) is 4.43. The maximum Gasteiger partial charge on any atom is 0.417 e. The molecule has 1 aliphatic rings. The first-order chi connectivity index (χ1) is 19.3. The van der Waals surface area contributed by atoms with Gasteiger partial charge < -0.3 is 23.7 Å². The molecule has 0 spiro atoms. The van der Waals surface area contributed by atoms with Crippen LogP contribution in [0.1, 0.15) is 11.1 Å². The van der Waals surface area contributed by atoms with E-state index in [1.807, 2.05) is 32.0 Å². The molecule has 0 fully saturated rings. The predicted octanol–water partition coefficient (Wildman–Crippen LogP) is 5.31. The number of hydrogen-bond acceptors (Lipinski definition) is 11. The van der Waals surface area contributed by atoms with Crippen molar-refractivity contribution in [3.63, 3.8) is 0 Å². The molecule has 1 atom stereocenters. The Morgan fingerprint density at radius 1 is 1.05 bits per heavy atom. The lowest BCUT2D eigenvalue weighted by Gasteiger charge is -2.28. The first-order valence-corrected chi connectivity index (χ1v) is 13.2. The minimum absolute atomic E-state index is 0.0241. The Bertz CT molecular complexity index is 1770. The number of thiazole rings is 1. The van der Waals surface area contributed by atoms with Gasteiger partial charge in [-0.3, -0.25) is 4.90 Å². The number of nitrogens with zero attached hydrogens (tertiary/aromatic N) is 5. The molecule has 11 nitrogen and oxygen atoms in total. The van der Waals surface area contributed by atoms with Crippen molar-refractivity contribution < 1.29 is 28.5 Å². The van der Waals surface area contributed by atoms with Crippen LogP contribution in [0.3, 0.4) is 0 Å². The standard InChI is InChI=1S/C28H25N5O6S/c1-14-8-17(24-18(9-14)31-21(36-5)12-30-24)27-32-23-15(2)10-19-25(26(23)40-27)37-13-22(38-19)39-28(34)33(3)16-6-7-29-20(11-16)35-4/h6-12,22H,13H2,1-5H3/t22-/m1/s1. The summed E-state index contributed by atoms with van der Waals surface area (Å²) in [6.45, 7) is 3.98. The van der Waals surface area contributed by atoms with Crippen LogP contribution in [0.5, 0.6) is 23.3 Å². The molecule has 0 saturated carbocycles. The molecule has 2 aromatic carbocycles. The van der Waals surface area contributed by atoms with Gasteiger partial charge in [0.1, 0.15) is 9.71 Å². The van der Waals surface area contributed by atoms with Crippen molar-refractivity contribution in [2.24, 2.45) is 0 Å². The number of amides is 1. The lowest BCUT2D eigenvalue weighted by Crippen LogP contribution is -2.38. The smallest absolute Gasteiger partial charge is 0.417 e. The topological polar surface area (TPSA) is 118 Å². The Balaban J connectivity index is 1.29. The van der Waals surface area contributed by atoms with E-state index in [0.29, 0.717) is 28.9 Å². The Morgan fingerprint density at radius 2 is 1.88 bits per heavy atom. The molecule has 204 valence electrons. The average molecular weight is 560 g/mol. The Hall–Kier alpha value is -4.71. The number of pyridine rings is 1. The highest BCUT2D eigenvalue weighted by Gasteiger charge is 2.30. The van der Waals surface area contributed by atoms with Gasteiger partial charge in [0.15, 0.2) is 18.1 Å². The van der Waals surface area contributed by atoms with Gasteiger partial charge in [-0.1, -0.05) is 0 Å². The van der Waals surface area contributed by atoms with Crippen molar-refractivity contribution in [1.29, 1.82) is 0 Å². The molecule has 6 rings (SSSR count). The van der Waals surface area contributed by atoms with Crippen LogP contribution in [0.4, 0.5) is 10.5 Å². The second kappa shape index (κ2) is 10.1. The number of benzene rings is 2. The quantitative estimate of drug-likeness (QED) is 0.280. The Kier molecular flexibility index (Phi) is 6.46. The van der Waals surface area contributed by atoms with Gasteiger partial charge in [0, 0.05) is 24.9 Å². The van der Waals surface area contributed by atoms with Gasteiger partial charge in [-0.05, 0) is 49.2 Å². The number of methoxy groups -OCH3 is 2. The van der Waals surface area contributed by atoms with Crippen LogP contribution in [0.15, 0.2) is 42.7 Å². The van der Waals surface area contributed by atoms with E-state index >= 15 is 0 Å². The summed E-state index contributed by atoms with van der Waals surface area (Å²) >= 11 is 1.48. The highest BCUT2D eigenvalue weighted by atomic mass is 32.1. The van der Waals surface area contributed by atoms with Gasteiger partial charge in [0.2, 0.25) is 11.8 Å². The molecular formula is C28H25N5O6S. The SMILES string of the molecule is COc1cc(N(C)C(=O)O[C@@H]2COc3c(cc(C)c4nc(-c5cc(C)cc6nc(OC)cnc56)sc34)O2)ccn1. The van der Waals surface area contributed by atoms with Gasteiger partial charge in [-0.2, -0.15) is 0 Å². The maximum atomic E-state index is 12.8. The van der Waals surface area contributed by atoms with E-state index < -0.39 is 12.4 Å². The van der Waals surface area contributed by atoms with Crippen LogP contribution >= 0.6 is 11.3 Å². The fraction of sp³-hybridized carbons (Fsp3) is 0.250. The maximum absolute atomic E-state index is 12.8. The van der Waals surface area contributed by atoms with Crippen LogP contribution in [-0.4, -0.2) is 60.2 Å². The zero-order chi connectivity index (χ0) is 28.0. The molecule has 0 unspecified atom stereocenters. The zero-order valence-electron chi connectivity index (χ0n) is 22.4. The van der Waals surface area contributed by atoms with Crippen molar-refractivity contribution in [3.8, 4) is 33.8 Å². The molecule has 0 radical (unpaired) electrons. The van der Waals surface area contributed by atoms with Gasteiger partial charge >= 0.3 is 6.09 Å². The molecule has 12 heteroatoms. The molecule has 3 aromatic heterocycles. The van der Waals surface area contributed by atoms with Crippen LogP contribution in [-0.2, 0) is 4.74 Å². The van der Waals surface area contributed by atoms with E-state index in [0.717, 1.165) is 42.9 Å². The summed E-state index contributed by atoms with van der Waals surface area (Å²) < 4.78 is 29.0. The van der Waals surface area contributed by atoms with Gasteiger partial charge in [0.25, 0.3) is 6.29 Å². The third-order valence-corrected chi connectivity index (χ3v) is 7.52. The monoisotopic (exact) mass is 559 g/mol. The second-order valence-electron chi connectivity index (χ2n) is 9.17. The number of rotatable bonds is 5. The van der Waals surface area contributed by atoms with Gasteiger partial charge in [-0.15, -0.1) is 11.3 Å². The van der Waals surface area contributed by atoms with E-state index in [1.165, 1.54) is 23.3 Å². The van der Waals surface area contributed by atoms with Crippen molar-refractivity contribution in [1.82, 2.24) is 19.9 Å². The largest absolute Gasteiger partial charge is 0.481 e. The minimum atomic E-state index is -0.929. The molecule has 5 aromatic rings.